The molecule has 19 heavy (non-hydrogen) atoms. The number of halogens is 2. The normalized spacial score (nSPS) is 23.2. The van der Waals surface area contributed by atoms with E-state index in [1.165, 1.54) is 4.90 Å². The Morgan fingerprint density at radius 1 is 1.47 bits per heavy atom. The van der Waals surface area contributed by atoms with Crippen LogP contribution in [0.3, 0.4) is 0 Å². The molecule has 108 valence electrons. The Hall–Kier alpha value is -1.56. The minimum Gasteiger partial charge on any atom is -0.444 e. The van der Waals surface area contributed by atoms with Gasteiger partial charge in [-0.3, -0.25) is 0 Å². The van der Waals surface area contributed by atoms with Gasteiger partial charge in [0.2, 0.25) is 0 Å². The highest BCUT2D eigenvalue weighted by molar-refractivity contribution is 5.68. The lowest BCUT2D eigenvalue weighted by atomic mass is 10.1. The number of carbonyl (C=O) groups is 1. The van der Waals surface area contributed by atoms with Crippen molar-refractivity contribution in [3.63, 3.8) is 0 Å². The number of alkyl halides is 2. The smallest absolute Gasteiger partial charge is 0.410 e. The van der Waals surface area contributed by atoms with Gasteiger partial charge < -0.3 is 9.64 Å². The van der Waals surface area contributed by atoms with Gasteiger partial charge in [0.25, 0.3) is 5.92 Å². The molecule has 0 radical (unpaired) electrons. The van der Waals surface area contributed by atoms with Crippen LogP contribution in [0.1, 0.15) is 33.6 Å². The summed E-state index contributed by atoms with van der Waals surface area (Å²) in [6.07, 6.45) is -1.23. The fourth-order valence-corrected chi connectivity index (χ4v) is 1.77. The number of carbonyl (C=O) groups excluding carboxylic acids is 1. The second-order valence-corrected chi connectivity index (χ2v) is 5.49. The maximum Gasteiger partial charge on any atom is 0.410 e. The quantitative estimate of drug-likeness (QED) is 0.418. The van der Waals surface area contributed by atoms with Gasteiger partial charge in [0.15, 0.2) is 0 Å². The number of likely N-dealkylation sites (tertiary alicyclic amines) is 1. The Balaban J connectivity index is 2.72. The number of azide groups is 1. The zero-order chi connectivity index (χ0) is 14.7. The van der Waals surface area contributed by atoms with Crippen LogP contribution in [0.15, 0.2) is 5.11 Å². The third kappa shape index (κ3) is 4.55. The van der Waals surface area contributed by atoms with Gasteiger partial charge in [-0.25, -0.2) is 13.6 Å². The SMILES string of the molecule is CC(C)(C)OC(=O)N1CCC(N=[N+]=[N-])C(F)(F)CC1. The predicted octanol–water partition coefficient (Wildman–Crippen LogP) is 3.33. The summed E-state index contributed by atoms with van der Waals surface area (Å²) >= 11 is 0. The van der Waals surface area contributed by atoms with E-state index in [9.17, 15) is 13.6 Å². The summed E-state index contributed by atoms with van der Waals surface area (Å²) in [5.74, 6) is -3.09. The maximum absolute atomic E-state index is 13.6. The lowest BCUT2D eigenvalue weighted by Gasteiger charge is -2.26. The number of hydrogen-bond donors (Lipinski definition) is 0. The van der Waals surface area contributed by atoms with E-state index in [0.29, 0.717) is 0 Å². The second kappa shape index (κ2) is 5.61. The summed E-state index contributed by atoms with van der Waals surface area (Å²) in [7, 11) is 0. The largest absolute Gasteiger partial charge is 0.444 e. The van der Waals surface area contributed by atoms with Crippen molar-refractivity contribution in [2.75, 3.05) is 13.1 Å². The Bertz CT molecular complexity index is 389. The molecule has 1 aliphatic rings. The van der Waals surface area contributed by atoms with E-state index < -0.39 is 30.1 Å². The Labute approximate surface area is 110 Å². The third-order valence-electron chi connectivity index (χ3n) is 2.72. The van der Waals surface area contributed by atoms with Crippen molar-refractivity contribution < 1.29 is 18.3 Å². The fourth-order valence-electron chi connectivity index (χ4n) is 1.77. The molecule has 6 nitrogen and oxygen atoms in total. The second-order valence-electron chi connectivity index (χ2n) is 5.49. The first kappa shape index (κ1) is 15.5. The maximum atomic E-state index is 13.6. The van der Waals surface area contributed by atoms with E-state index in [1.54, 1.807) is 20.8 Å². The average molecular weight is 276 g/mol. The molecule has 1 rings (SSSR count). The fraction of sp³-hybridized carbons (Fsp3) is 0.909. The van der Waals surface area contributed by atoms with Crippen molar-refractivity contribution in [3.8, 4) is 0 Å². The summed E-state index contributed by atoms with van der Waals surface area (Å²) in [5, 5.41) is 3.12. The molecule has 1 aliphatic heterocycles. The van der Waals surface area contributed by atoms with Crippen LogP contribution in [0.2, 0.25) is 0 Å². The van der Waals surface area contributed by atoms with Crippen LogP contribution in [0.25, 0.3) is 10.4 Å². The van der Waals surface area contributed by atoms with Crippen LogP contribution in [0, 0.1) is 0 Å². The third-order valence-corrected chi connectivity index (χ3v) is 2.72. The first-order valence-electron chi connectivity index (χ1n) is 6.06. The summed E-state index contributed by atoms with van der Waals surface area (Å²) in [6.45, 7) is 5.11. The van der Waals surface area contributed by atoms with Crippen LogP contribution in [-0.2, 0) is 4.74 Å². The van der Waals surface area contributed by atoms with E-state index in [0.717, 1.165) is 0 Å². The van der Waals surface area contributed by atoms with Crippen molar-refractivity contribution >= 4 is 6.09 Å². The van der Waals surface area contributed by atoms with Crippen molar-refractivity contribution in [2.24, 2.45) is 5.11 Å². The van der Waals surface area contributed by atoms with E-state index in [2.05, 4.69) is 10.0 Å². The first-order valence-corrected chi connectivity index (χ1v) is 6.06. The molecule has 0 aromatic heterocycles. The molecule has 1 atom stereocenters. The molecular formula is C11H18F2N4O2. The van der Waals surface area contributed by atoms with E-state index in [4.69, 9.17) is 10.3 Å². The van der Waals surface area contributed by atoms with Crippen molar-refractivity contribution in [2.45, 2.75) is 51.2 Å². The summed E-state index contributed by atoms with van der Waals surface area (Å²) in [4.78, 5) is 15.5. The van der Waals surface area contributed by atoms with E-state index >= 15 is 0 Å². The monoisotopic (exact) mass is 276 g/mol. The first-order chi connectivity index (χ1) is 8.65. The Kier molecular flexibility index (Phi) is 4.57. The van der Waals surface area contributed by atoms with Gasteiger partial charge in [-0.05, 0) is 32.7 Å². The summed E-state index contributed by atoms with van der Waals surface area (Å²) in [5.41, 5.74) is 7.62. The highest BCUT2D eigenvalue weighted by Gasteiger charge is 2.42. The highest BCUT2D eigenvalue weighted by atomic mass is 19.3. The van der Waals surface area contributed by atoms with E-state index in [-0.39, 0.29) is 19.5 Å². The molecule has 1 fully saturated rings. The molecule has 1 heterocycles. The zero-order valence-corrected chi connectivity index (χ0v) is 11.3. The molecule has 0 aromatic carbocycles. The molecule has 0 spiro atoms. The number of hydrogen-bond acceptors (Lipinski definition) is 3. The zero-order valence-electron chi connectivity index (χ0n) is 11.3. The molecular weight excluding hydrogens is 258 g/mol. The Morgan fingerprint density at radius 2 is 2.11 bits per heavy atom. The summed E-state index contributed by atoms with van der Waals surface area (Å²) < 4.78 is 32.4. The van der Waals surface area contributed by atoms with Gasteiger partial charge in [-0.2, -0.15) is 0 Å². The molecule has 0 N–H and O–H groups in total. The average Bonchev–Trinajstić information content (AvgIpc) is 2.37. The molecule has 0 aromatic rings. The number of amides is 1. The van der Waals surface area contributed by atoms with Gasteiger partial charge in [-0.15, -0.1) is 0 Å². The number of rotatable bonds is 1. The minimum atomic E-state index is -3.09. The standard InChI is InChI=1S/C11H18F2N4O2/c1-10(2,3)19-9(18)17-6-4-8(15-16-14)11(12,13)5-7-17/h8H,4-7H2,1-3H3. The molecule has 1 saturated heterocycles. The lowest BCUT2D eigenvalue weighted by Crippen LogP contribution is -2.37. The minimum absolute atomic E-state index is 0.0731. The van der Waals surface area contributed by atoms with Gasteiger partial charge in [0.05, 0.1) is 0 Å². The molecule has 0 aliphatic carbocycles. The van der Waals surface area contributed by atoms with Crippen LogP contribution < -0.4 is 0 Å². The van der Waals surface area contributed by atoms with Crippen LogP contribution in [0.5, 0.6) is 0 Å². The molecule has 0 saturated carbocycles. The molecule has 8 heteroatoms. The van der Waals surface area contributed by atoms with Crippen molar-refractivity contribution in [1.82, 2.24) is 4.90 Å². The van der Waals surface area contributed by atoms with Crippen LogP contribution in [0.4, 0.5) is 13.6 Å². The van der Waals surface area contributed by atoms with Gasteiger partial charge >= 0.3 is 6.09 Å². The lowest BCUT2D eigenvalue weighted by molar-refractivity contribution is -0.0299. The van der Waals surface area contributed by atoms with E-state index in [1.807, 2.05) is 0 Å². The number of nitrogens with zero attached hydrogens (tertiary/aromatic N) is 4. The molecule has 1 unspecified atom stereocenters. The highest BCUT2D eigenvalue weighted by Crippen LogP contribution is 2.31. The topological polar surface area (TPSA) is 78.3 Å². The summed E-state index contributed by atoms with van der Waals surface area (Å²) in [6, 6.07) is -1.41. The van der Waals surface area contributed by atoms with Crippen molar-refractivity contribution in [1.29, 1.82) is 0 Å². The van der Waals surface area contributed by atoms with Gasteiger partial charge in [0, 0.05) is 24.4 Å². The predicted molar refractivity (Wildman–Crippen MR) is 64.9 cm³/mol. The van der Waals surface area contributed by atoms with Crippen LogP contribution in [-0.4, -0.2) is 41.6 Å². The van der Waals surface area contributed by atoms with Crippen molar-refractivity contribution in [3.05, 3.63) is 10.4 Å². The van der Waals surface area contributed by atoms with Crippen LogP contribution >= 0.6 is 0 Å². The van der Waals surface area contributed by atoms with Gasteiger partial charge in [-0.1, -0.05) is 5.11 Å². The van der Waals surface area contributed by atoms with Gasteiger partial charge in [0.1, 0.15) is 11.6 Å². The molecule has 1 amide bonds. The Morgan fingerprint density at radius 3 is 2.63 bits per heavy atom. The molecule has 0 bridgehead atoms. The number of ether oxygens (including phenoxy) is 1.